The van der Waals surface area contributed by atoms with Crippen molar-refractivity contribution in [2.45, 2.75) is 0 Å². The molecule has 0 amide bonds. The molecule has 0 unspecified atom stereocenters. The number of nitro groups is 1. The fourth-order valence-corrected chi connectivity index (χ4v) is 2.08. The summed E-state index contributed by atoms with van der Waals surface area (Å²) in [5.41, 5.74) is -0.104. The van der Waals surface area contributed by atoms with Crippen LogP contribution in [0.25, 0.3) is 0 Å². The Kier molecular flexibility index (Phi) is 3.50. The summed E-state index contributed by atoms with van der Waals surface area (Å²) in [4.78, 5) is 10.2. The Hall–Kier alpha value is -2.05. The number of nitro benzene ring substituents is 1. The zero-order chi connectivity index (χ0) is 13.1. The first kappa shape index (κ1) is 12.4. The van der Waals surface area contributed by atoms with Gasteiger partial charge in [0.25, 0.3) is 0 Å². The molecule has 7 nitrogen and oxygen atoms in total. The van der Waals surface area contributed by atoms with Crippen LogP contribution in [0.4, 0.5) is 5.69 Å². The van der Waals surface area contributed by atoms with E-state index in [-0.39, 0.29) is 22.2 Å². The van der Waals surface area contributed by atoms with Gasteiger partial charge >= 0.3 is 10.9 Å². The molecule has 0 aliphatic carbocycles. The first-order chi connectivity index (χ1) is 8.60. The van der Waals surface area contributed by atoms with E-state index in [9.17, 15) is 10.1 Å². The van der Waals surface area contributed by atoms with Gasteiger partial charge in [-0.15, -0.1) is 5.10 Å². The Labute approximate surface area is 113 Å². The fraction of sp³-hybridized carbons (Fsp3) is 0. The Bertz CT molecular complexity index is 652. The molecule has 0 saturated heterocycles. The van der Waals surface area contributed by atoms with E-state index in [2.05, 4.69) is 26.1 Å². The van der Waals surface area contributed by atoms with Crippen molar-refractivity contribution >= 4 is 33.0 Å². The minimum Gasteiger partial charge on any atom is -0.422 e. The van der Waals surface area contributed by atoms with E-state index in [1.54, 1.807) is 0 Å². The lowest BCUT2D eigenvalue weighted by Gasteiger charge is -2.02. The SMILES string of the molecule is N#Cc1ccc(Oc2nnc(Br)s2)c([N+](=O)[O-])c1. The second-order valence-corrected chi connectivity index (χ2v) is 5.19. The van der Waals surface area contributed by atoms with Crippen LogP contribution in [0.5, 0.6) is 10.9 Å². The molecule has 1 aromatic heterocycles. The maximum absolute atomic E-state index is 10.9. The van der Waals surface area contributed by atoms with E-state index in [0.717, 1.165) is 17.4 Å². The van der Waals surface area contributed by atoms with Gasteiger partial charge in [-0.2, -0.15) is 5.26 Å². The van der Waals surface area contributed by atoms with Crippen molar-refractivity contribution in [3.63, 3.8) is 0 Å². The molecule has 0 aliphatic heterocycles. The summed E-state index contributed by atoms with van der Waals surface area (Å²) in [6.45, 7) is 0. The number of benzene rings is 1. The molecule has 0 N–H and O–H groups in total. The van der Waals surface area contributed by atoms with E-state index in [1.165, 1.54) is 12.1 Å². The van der Waals surface area contributed by atoms with Crippen LogP contribution in [-0.4, -0.2) is 15.1 Å². The molecule has 18 heavy (non-hydrogen) atoms. The van der Waals surface area contributed by atoms with E-state index in [1.807, 2.05) is 6.07 Å². The average molecular weight is 327 g/mol. The molecule has 0 bridgehead atoms. The van der Waals surface area contributed by atoms with Crippen LogP contribution in [0.1, 0.15) is 5.56 Å². The molecule has 2 rings (SSSR count). The van der Waals surface area contributed by atoms with Gasteiger partial charge in [-0.25, -0.2) is 0 Å². The largest absolute Gasteiger partial charge is 0.422 e. The molecule has 0 saturated carbocycles. The number of nitriles is 1. The number of rotatable bonds is 3. The summed E-state index contributed by atoms with van der Waals surface area (Å²) in [5, 5.41) is 27.0. The third-order valence-electron chi connectivity index (χ3n) is 1.86. The number of hydrogen-bond donors (Lipinski definition) is 0. The minimum absolute atomic E-state index is 0.0163. The second kappa shape index (κ2) is 5.07. The predicted molar refractivity (Wildman–Crippen MR) is 65.5 cm³/mol. The topological polar surface area (TPSA) is 102 Å². The van der Waals surface area contributed by atoms with E-state index in [4.69, 9.17) is 10.00 Å². The lowest BCUT2D eigenvalue weighted by Crippen LogP contribution is -1.94. The van der Waals surface area contributed by atoms with Crippen LogP contribution in [0.3, 0.4) is 0 Å². The van der Waals surface area contributed by atoms with E-state index >= 15 is 0 Å². The van der Waals surface area contributed by atoms with Crippen LogP contribution in [0.15, 0.2) is 22.1 Å². The minimum atomic E-state index is -0.619. The highest BCUT2D eigenvalue weighted by molar-refractivity contribution is 9.11. The third-order valence-corrected chi connectivity index (χ3v) is 3.10. The van der Waals surface area contributed by atoms with Crippen molar-refractivity contribution in [2.75, 3.05) is 0 Å². The molecule has 1 aromatic carbocycles. The van der Waals surface area contributed by atoms with Gasteiger partial charge in [0.2, 0.25) is 5.75 Å². The van der Waals surface area contributed by atoms with E-state index < -0.39 is 4.92 Å². The van der Waals surface area contributed by atoms with Gasteiger partial charge in [0, 0.05) is 6.07 Å². The lowest BCUT2D eigenvalue weighted by atomic mass is 10.2. The zero-order valence-electron chi connectivity index (χ0n) is 8.53. The molecular weight excluding hydrogens is 324 g/mol. The first-order valence-corrected chi connectivity index (χ1v) is 6.06. The van der Waals surface area contributed by atoms with Crippen LogP contribution < -0.4 is 4.74 Å². The molecule has 90 valence electrons. The number of halogens is 1. The molecule has 0 radical (unpaired) electrons. The van der Waals surface area contributed by atoms with Gasteiger partial charge in [0.1, 0.15) is 0 Å². The monoisotopic (exact) mass is 326 g/mol. The Morgan fingerprint density at radius 1 is 1.50 bits per heavy atom. The highest BCUT2D eigenvalue weighted by atomic mass is 79.9. The van der Waals surface area contributed by atoms with Crippen molar-refractivity contribution in [3.8, 4) is 17.0 Å². The Balaban J connectivity index is 2.38. The standard InChI is InChI=1S/C9H3BrN4O3S/c10-8-12-13-9(18-8)17-7-2-1-5(4-11)3-6(7)14(15)16/h1-3H. The molecule has 1 heterocycles. The van der Waals surface area contributed by atoms with Crippen molar-refractivity contribution in [2.24, 2.45) is 0 Å². The molecule has 0 spiro atoms. The fourth-order valence-electron chi connectivity index (χ4n) is 1.14. The quantitative estimate of drug-likeness (QED) is 0.634. The summed E-state index contributed by atoms with van der Waals surface area (Å²) in [6, 6.07) is 5.75. The summed E-state index contributed by atoms with van der Waals surface area (Å²) in [7, 11) is 0. The van der Waals surface area contributed by atoms with Crippen molar-refractivity contribution in [1.29, 1.82) is 5.26 Å². The van der Waals surface area contributed by atoms with Crippen molar-refractivity contribution < 1.29 is 9.66 Å². The molecule has 0 aliphatic rings. The lowest BCUT2D eigenvalue weighted by molar-refractivity contribution is -0.385. The number of nitrogens with zero attached hydrogens (tertiary/aromatic N) is 4. The second-order valence-electron chi connectivity index (χ2n) is 2.97. The van der Waals surface area contributed by atoms with Gasteiger partial charge in [0.05, 0.1) is 16.6 Å². The van der Waals surface area contributed by atoms with Crippen LogP contribution >= 0.6 is 27.3 Å². The highest BCUT2D eigenvalue weighted by Crippen LogP contribution is 2.34. The zero-order valence-corrected chi connectivity index (χ0v) is 10.9. The number of aromatic nitrogens is 2. The van der Waals surface area contributed by atoms with Crippen LogP contribution in [0.2, 0.25) is 0 Å². The number of hydrogen-bond acceptors (Lipinski definition) is 7. The third kappa shape index (κ3) is 2.61. The van der Waals surface area contributed by atoms with Crippen LogP contribution in [0, 0.1) is 21.4 Å². The predicted octanol–water partition coefficient (Wildman–Crippen LogP) is 2.87. The molecule has 2 aromatic rings. The average Bonchev–Trinajstić information content (AvgIpc) is 2.75. The maximum atomic E-state index is 10.9. The summed E-state index contributed by atoms with van der Waals surface area (Å²) in [5.74, 6) is 0.0163. The van der Waals surface area contributed by atoms with Gasteiger partial charge in [0.15, 0.2) is 3.92 Å². The highest BCUT2D eigenvalue weighted by Gasteiger charge is 2.18. The smallest absolute Gasteiger partial charge is 0.312 e. The van der Waals surface area contributed by atoms with Gasteiger partial charge in [-0.3, -0.25) is 10.1 Å². The Morgan fingerprint density at radius 3 is 2.83 bits per heavy atom. The first-order valence-electron chi connectivity index (χ1n) is 4.45. The van der Waals surface area contributed by atoms with Crippen molar-refractivity contribution in [1.82, 2.24) is 10.2 Å². The maximum Gasteiger partial charge on any atom is 0.312 e. The van der Waals surface area contributed by atoms with Gasteiger partial charge in [-0.05, 0) is 39.4 Å². The van der Waals surface area contributed by atoms with Gasteiger partial charge < -0.3 is 4.74 Å². The molecule has 0 fully saturated rings. The van der Waals surface area contributed by atoms with Crippen LogP contribution in [-0.2, 0) is 0 Å². The summed E-state index contributed by atoms with van der Waals surface area (Å²) in [6.07, 6.45) is 0. The van der Waals surface area contributed by atoms with Gasteiger partial charge in [-0.1, -0.05) is 5.10 Å². The normalized spacial score (nSPS) is 9.78. The molecule has 9 heteroatoms. The number of ether oxygens (including phenoxy) is 1. The van der Waals surface area contributed by atoms with Crippen molar-refractivity contribution in [3.05, 3.63) is 37.8 Å². The Morgan fingerprint density at radius 2 is 2.28 bits per heavy atom. The molecular formula is C9H3BrN4O3S. The molecule has 0 atom stereocenters. The summed E-state index contributed by atoms with van der Waals surface area (Å²) >= 11 is 4.20. The summed E-state index contributed by atoms with van der Waals surface area (Å²) < 4.78 is 5.76. The van der Waals surface area contributed by atoms with E-state index in [0.29, 0.717) is 3.92 Å².